The summed E-state index contributed by atoms with van der Waals surface area (Å²) in [6, 6.07) is 9.69. The lowest BCUT2D eigenvalue weighted by Crippen LogP contribution is -2.56. The zero-order valence-corrected chi connectivity index (χ0v) is 17.5. The van der Waals surface area contributed by atoms with E-state index in [9.17, 15) is 9.59 Å². The molecule has 3 amide bonds. The van der Waals surface area contributed by atoms with Crippen LogP contribution in [0.3, 0.4) is 0 Å². The molecule has 0 saturated heterocycles. The number of benzene rings is 2. The number of rotatable bonds is 2. The molecule has 0 heterocycles. The maximum Gasteiger partial charge on any atom is 0.338 e. The lowest BCUT2D eigenvalue weighted by Gasteiger charge is -2.35. The molecule has 0 unspecified atom stereocenters. The molecule has 0 bridgehead atoms. The van der Waals surface area contributed by atoms with Crippen molar-refractivity contribution in [1.29, 1.82) is 0 Å². The van der Waals surface area contributed by atoms with Crippen LogP contribution in [-0.2, 0) is 0 Å². The minimum Gasteiger partial charge on any atom is -0.306 e. The molecule has 2 aromatic carbocycles. The van der Waals surface area contributed by atoms with E-state index >= 15 is 0 Å². The third kappa shape index (κ3) is 5.37. The van der Waals surface area contributed by atoms with Crippen molar-refractivity contribution >= 4 is 40.8 Å². The minimum atomic E-state index is -0.676. The van der Waals surface area contributed by atoms with E-state index in [-0.39, 0.29) is 5.56 Å². The predicted molar refractivity (Wildman–Crippen MR) is 110 cm³/mol. The highest BCUT2D eigenvalue weighted by atomic mass is 35.5. The lowest BCUT2D eigenvalue weighted by molar-refractivity contribution is 0.0460. The Morgan fingerprint density at radius 2 is 1.59 bits per heavy atom. The van der Waals surface area contributed by atoms with Gasteiger partial charge in [-0.3, -0.25) is 4.79 Å². The van der Waals surface area contributed by atoms with Gasteiger partial charge in [-0.05, 0) is 70.0 Å². The number of halogens is 2. The molecule has 7 heteroatoms. The van der Waals surface area contributed by atoms with E-state index < -0.39 is 17.5 Å². The van der Waals surface area contributed by atoms with Crippen LogP contribution in [0, 0.1) is 13.8 Å². The van der Waals surface area contributed by atoms with Gasteiger partial charge in [-0.15, -0.1) is 0 Å². The average Bonchev–Trinajstić information content (AvgIpc) is 2.54. The summed E-state index contributed by atoms with van der Waals surface area (Å²) in [5.41, 5.74) is 4.95. The summed E-state index contributed by atoms with van der Waals surface area (Å²) in [7, 11) is 0. The smallest absolute Gasteiger partial charge is 0.306 e. The molecule has 2 rings (SSSR count). The molecular formula is C20H23Cl2N3O2. The Bertz CT molecular complexity index is 856. The van der Waals surface area contributed by atoms with Gasteiger partial charge in [0.15, 0.2) is 0 Å². The van der Waals surface area contributed by atoms with E-state index in [1.807, 2.05) is 52.8 Å². The van der Waals surface area contributed by atoms with Crippen LogP contribution in [0.4, 0.5) is 10.5 Å². The number of anilines is 1. The first-order chi connectivity index (χ1) is 12.5. The lowest BCUT2D eigenvalue weighted by atomic mass is 10.1. The summed E-state index contributed by atoms with van der Waals surface area (Å²) in [5.74, 6) is -0.414. The normalized spacial score (nSPS) is 11.1. The maximum absolute atomic E-state index is 13.0. The first kappa shape index (κ1) is 21.1. The van der Waals surface area contributed by atoms with E-state index in [4.69, 9.17) is 23.2 Å². The third-order valence-electron chi connectivity index (χ3n) is 4.05. The molecule has 144 valence electrons. The molecule has 0 spiro atoms. The van der Waals surface area contributed by atoms with Crippen LogP contribution in [0.15, 0.2) is 36.4 Å². The summed E-state index contributed by atoms with van der Waals surface area (Å²) < 4.78 is 0. The highest BCUT2D eigenvalue weighted by Gasteiger charge is 2.30. The molecule has 2 aromatic rings. The molecule has 0 atom stereocenters. The van der Waals surface area contributed by atoms with Gasteiger partial charge in [-0.1, -0.05) is 35.3 Å². The quantitative estimate of drug-likeness (QED) is 0.637. The molecule has 27 heavy (non-hydrogen) atoms. The Hall–Kier alpha value is -2.24. The van der Waals surface area contributed by atoms with Gasteiger partial charge in [0.2, 0.25) is 0 Å². The molecule has 0 aliphatic heterocycles. The van der Waals surface area contributed by atoms with Gasteiger partial charge < -0.3 is 5.32 Å². The van der Waals surface area contributed by atoms with Crippen molar-refractivity contribution in [2.24, 2.45) is 0 Å². The Balaban J connectivity index is 2.25. The fourth-order valence-corrected chi connectivity index (χ4v) is 2.99. The van der Waals surface area contributed by atoms with Crippen LogP contribution in [-0.4, -0.2) is 22.5 Å². The number of amides is 3. The number of nitrogens with one attached hydrogen (secondary N) is 2. The summed E-state index contributed by atoms with van der Waals surface area (Å²) in [6.07, 6.45) is 0. The molecule has 0 aromatic heterocycles. The number of hydrogen-bond donors (Lipinski definition) is 2. The first-order valence-electron chi connectivity index (χ1n) is 8.43. The van der Waals surface area contributed by atoms with E-state index in [1.165, 1.54) is 17.1 Å². The Kier molecular flexibility index (Phi) is 6.39. The van der Waals surface area contributed by atoms with Gasteiger partial charge in [0, 0.05) is 21.3 Å². The van der Waals surface area contributed by atoms with Crippen molar-refractivity contribution in [2.75, 3.05) is 5.32 Å². The second kappa shape index (κ2) is 8.19. The van der Waals surface area contributed by atoms with Crippen molar-refractivity contribution < 1.29 is 9.59 Å². The zero-order chi connectivity index (χ0) is 20.4. The van der Waals surface area contributed by atoms with Gasteiger partial charge >= 0.3 is 6.03 Å². The van der Waals surface area contributed by atoms with E-state index in [2.05, 4.69) is 10.7 Å². The topological polar surface area (TPSA) is 61.4 Å². The second-order valence-electron chi connectivity index (χ2n) is 7.28. The molecule has 0 fully saturated rings. The summed E-state index contributed by atoms with van der Waals surface area (Å²) in [4.78, 5) is 25.5. The third-order valence-corrected chi connectivity index (χ3v) is 4.49. The van der Waals surface area contributed by atoms with Crippen molar-refractivity contribution in [3.05, 3.63) is 63.1 Å². The monoisotopic (exact) mass is 407 g/mol. The number of hydrazine groups is 1. The molecule has 0 aliphatic carbocycles. The highest BCUT2D eigenvalue weighted by Crippen LogP contribution is 2.23. The molecular weight excluding hydrogens is 385 g/mol. The second-order valence-corrected chi connectivity index (χ2v) is 8.16. The van der Waals surface area contributed by atoms with Gasteiger partial charge in [-0.25, -0.2) is 15.2 Å². The summed E-state index contributed by atoms with van der Waals surface area (Å²) >= 11 is 12.0. The first-order valence-corrected chi connectivity index (χ1v) is 9.19. The molecule has 0 radical (unpaired) electrons. The standard InChI is InChI=1S/C20H23Cl2N3O2/c1-12-7-6-8-17(13(12)2)23-19(27)24-25(20(3,4)5)18(26)14-9-15(21)11-16(22)10-14/h6-11H,1-5H3,(H2,23,24,27). The van der Waals surface area contributed by atoms with Crippen LogP contribution >= 0.6 is 23.2 Å². The fraction of sp³-hybridized carbons (Fsp3) is 0.300. The highest BCUT2D eigenvalue weighted by molar-refractivity contribution is 6.35. The Morgan fingerprint density at radius 3 is 2.15 bits per heavy atom. The molecule has 2 N–H and O–H groups in total. The van der Waals surface area contributed by atoms with Crippen LogP contribution in [0.2, 0.25) is 10.0 Å². The van der Waals surface area contributed by atoms with E-state index in [0.717, 1.165) is 11.1 Å². The SMILES string of the molecule is Cc1cccc(NC(=O)NN(C(=O)c2cc(Cl)cc(Cl)c2)C(C)(C)C)c1C. The van der Waals surface area contributed by atoms with Gasteiger partial charge in [-0.2, -0.15) is 0 Å². The van der Waals surface area contributed by atoms with E-state index in [0.29, 0.717) is 15.7 Å². The molecule has 0 aliphatic rings. The number of urea groups is 1. The number of nitrogens with zero attached hydrogens (tertiary/aromatic N) is 1. The van der Waals surface area contributed by atoms with Crippen molar-refractivity contribution in [2.45, 2.75) is 40.2 Å². The van der Waals surface area contributed by atoms with Crippen molar-refractivity contribution in [3.63, 3.8) is 0 Å². The van der Waals surface area contributed by atoms with Crippen LogP contribution < -0.4 is 10.7 Å². The predicted octanol–water partition coefficient (Wildman–Crippen LogP) is 5.59. The van der Waals surface area contributed by atoms with E-state index in [1.54, 1.807) is 6.07 Å². The number of carbonyl (C=O) groups excluding carboxylic acids is 2. The van der Waals surface area contributed by atoms with Gasteiger partial charge in [0.25, 0.3) is 5.91 Å². The number of aryl methyl sites for hydroxylation is 1. The average molecular weight is 408 g/mol. The van der Waals surface area contributed by atoms with Gasteiger partial charge in [0.1, 0.15) is 0 Å². The maximum atomic E-state index is 13.0. The van der Waals surface area contributed by atoms with Crippen LogP contribution in [0.1, 0.15) is 42.3 Å². The number of hydrogen-bond acceptors (Lipinski definition) is 2. The van der Waals surface area contributed by atoms with Crippen molar-refractivity contribution in [3.8, 4) is 0 Å². The van der Waals surface area contributed by atoms with Crippen molar-refractivity contribution in [1.82, 2.24) is 10.4 Å². The number of carbonyl (C=O) groups is 2. The Labute approximate surface area is 169 Å². The fourth-order valence-electron chi connectivity index (χ4n) is 2.47. The molecule has 5 nitrogen and oxygen atoms in total. The van der Waals surface area contributed by atoms with Crippen LogP contribution in [0.25, 0.3) is 0 Å². The minimum absolute atomic E-state index is 0.287. The summed E-state index contributed by atoms with van der Waals surface area (Å²) in [5, 5.41) is 4.74. The zero-order valence-electron chi connectivity index (χ0n) is 16.0. The Morgan fingerprint density at radius 1 is 1.00 bits per heavy atom. The summed E-state index contributed by atoms with van der Waals surface area (Å²) in [6.45, 7) is 9.33. The van der Waals surface area contributed by atoms with Crippen LogP contribution in [0.5, 0.6) is 0 Å². The molecule has 0 saturated carbocycles. The van der Waals surface area contributed by atoms with Gasteiger partial charge in [0.05, 0.1) is 5.54 Å². The largest absolute Gasteiger partial charge is 0.338 e.